The minimum Gasteiger partial charge on any atom is -0.507 e. The largest absolute Gasteiger partial charge is 0.507 e. The van der Waals surface area contributed by atoms with E-state index in [1.54, 1.807) is 60.7 Å². The third-order valence-electron chi connectivity index (χ3n) is 5.82. The van der Waals surface area contributed by atoms with E-state index in [0.29, 0.717) is 32.8 Å². The molecule has 0 saturated carbocycles. The van der Waals surface area contributed by atoms with Crippen LogP contribution in [0.1, 0.15) is 27.5 Å². The molecule has 1 unspecified atom stereocenters. The van der Waals surface area contributed by atoms with Gasteiger partial charge >= 0.3 is 5.97 Å². The van der Waals surface area contributed by atoms with E-state index in [1.165, 1.54) is 32.3 Å². The number of nitrogens with zero attached hydrogens (tertiary/aromatic N) is 1. The van der Waals surface area contributed by atoms with Crippen molar-refractivity contribution >= 4 is 45.0 Å². The number of anilines is 1. The molecule has 0 radical (unpaired) electrons. The van der Waals surface area contributed by atoms with Gasteiger partial charge in [-0.3, -0.25) is 14.5 Å². The SMILES string of the molecule is COC(=O)c1cccc(N2C(=O)C(=O)/C(=C(/O)c3ccc(OC)c(Br)c3)C2c2cccc(OC)c2)c1. The molecule has 9 heteroatoms. The minimum atomic E-state index is -0.992. The van der Waals surface area contributed by atoms with Crippen LogP contribution in [0.4, 0.5) is 5.69 Å². The highest BCUT2D eigenvalue weighted by Crippen LogP contribution is 2.43. The van der Waals surface area contributed by atoms with Crippen LogP contribution in [-0.4, -0.2) is 44.1 Å². The van der Waals surface area contributed by atoms with E-state index in [0.717, 1.165) is 0 Å². The number of aliphatic hydroxyl groups is 1. The van der Waals surface area contributed by atoms with Gasteiger partial charge in [0.15, 0.2) is 0 Å². The molecular weight excluding hydrogens is 530 g/mol. The van der Waals surface area contributed by atoms with E-state index in [1.807, 2.05) is 0 Å². The zero-order valence-electron chi connectivity index (χ0n) is 19.7. The number of carbonyl (C=O) groups is 3. The number of amides is 1. The van der Waals surface area contributed by atoms with Gasteiger partial charge in [0.1, 0.15) is 17.3 Å². The van der Waals surface area contributed by atoms with Crippen molar-refractivity contribution in [1.82, 2.24) is 0 Å². The summed E-state index contributed by atoms with van der Waals surface area (Å²) in [6.07, 6.45) is 0. The number of ether oxygens (including phenoxy) is 3. The minimum absolute atomic E-state index is 0.103. The molecule has 0 aromatic heterocycles. The Hall–Kier alpha value is -4.11. The lowest BCUT2D eigenvalue weighted by molar-refractivity contribution is -0.132. The maximum Gasteiger partial charge on any atom is 0.337 e. The van der Waals surface area contributed by atoms with Gasteiger partial charge in [0.25, 0.3) is 11.7 Å². The van der Waals surface area contributed by atoms with Gasteiger partial charge in [0, 0.05) is 11.3 Å². The lowest BCUT2D eigenvalue weighted by Crippen LogP contribution is -2.29. The van der Waals surface area contributed by atoms with Crippen LogP contribution in [0, 0.1) is 0 Å². The number of rotatable bonds is 6. The van der Waals surface area contributed by atoms with Gasteiger partial charge in [-0.15, -0.1) is 0 Å². The molecule has 184 valence electrons. The number of aliphatic hydroxyl groups excluding tert-OH is 1. The summed E-state index contributed by atoms with van der Waals surface area (Å²) in [6.45, 7) is 0. The summed E-state index contributed by atoms with van der Waals surface area (Å²) < 4.78 is 16.0. The summed E-state index contributed by atoms with van der Waals surface area (Å²) in [5, 5.41) is 11.3. The highest BCUT2D eigenvalue weighted by molar-refractivity contribution is 9.10. The van der Waals surface area contributed by atoms with Crippen molar-refractivity contribution in [2.24, 2.45) is 0 Å². The number of benzene rings is 3. The second-order valence-electron chi connectivity index (χ2n) is 7.84. The zero-order chi connectivity index (χ0) is 26.0. The van der Waals surface area contributed by atoms with Gasteiger partial charge in [0.2, 0.25) is 0 Å². The second-order valence-corrected chi connectivity index (χ2v) is 8.69. The maximum absolute atomic E-state index is 13.4. The zero-order valence-corrected chi connectivity index (χ0v) is 21.2. The molecule has 1 aliphatic rings. The molecule has 1 N–H and O–H groups in total. The first-order valence-electron chi connectivity index (χ1n) is 10.8. The summed E-state index contributed by atoms with van der Waals surface area (Å²) >= 11 is 3.39. The smallest absolute Gasteiger partial charge is 0.337 e. The molecule has 1 amide bonds. The van der Waals surface area contributed by atoms with E-state index in [9.17, 15) is 19.5 Å². The number of esters is 1. The Morgan fingerprint density at radius 1 is 0.917 bits per heavy atom. The average Bonchev–Trinajstić information content (AvgIpc) is 3.17. The van der Waals surface area contributed by atoms with Crippen LogP contribution in [0.15, 0.2) is 76.8 Å². The molecule has 1 atom stereocenters. The molecule has 4 rings (SSSR count). The molecule has 0 aliphatic carbocycles. The van der Waals surface area contributed by atoms with E-state index >= 15 is 0 Å². The van der Waals surface area contributed by atoms with Gasteiger partial charge < -0.3 is 19.3 Å². The van der Waals surface area contributed by atoms with Crippen LogP contribution >= 0.6 is 15.9 Å². The van der Waals surface area contributed by atoms with Crippen LogP contribution < -0.4 is 14.4 Å². The summed E-state index contributed by atoms with van der Waals surface area (Å²) in [6, 6.07) is 16.9. The Morgan fingerprint density at radius 2 is 1.67 bits per heavy atom. The molecule has 36 heavy (non-hydrogen) atoms. The number of hydrogen-bond donors (Lipinski definition) is 1. The molecule has 3 aromatic rings. The Balaban J connectivity index is 1.95. The summed E-state index contributed by atoms with van der Waals surface area (Å²) in [5.41, 5.74) is 1.25. The van der Waals surface area contributed by atoms with Crippen molar-refractivity contribution in [2.45, 2.75) is 6.04 Å². The highest BCUT2D eigenvalue weighted by atomic mass is 79.9. The Labute approximate surface area is 215 Å². The van der Waals surface area contributed by atoms with Crippen LogP contribution in [0.3, 0.4) is 0 Å². The maximum atomic E-state index is 13.4. The molecule has 0 spiro atoms. The Kier molecular flexibility index (Phi) is 7.12. The number of carbonyl (C=O) groups excluding carboxylic acids is 3. The number of methoxy groups -OCH3 is 3. The quantitative estimate of drug-likeness (QED) is 0.201. The summed E-state index contributed by atoms with van der Waals surface area (Å²) in [7, 11) is 4.27. The topological polar surface area (TPSA) is 102 Å². The Morgan fingerprint density at radius 3 is 2.33 bits per heavy atom. The first kappa shape index (κ1) is 25.0. The van der Waals surface area contributed by atoms with Crippen molar-refractivity contribution in [3.8, 4) is 11.5 Å². The van der Waals surface area contributed by atoms with Crippen LogP contribution in [0.25, 0.3) is 5.76 Å². The molecule has 8 nitrogen and oxygen atoms in total. The van der Waals surface area contributed by atoms with Gasteiger partial charge in [-0.2, -0.15) is 0 Å². The van der Waals surface area contributed by atoms with E-state index in [2.05, 4.69) is 15.9 Å². The number of Topliss-reactive ketones (excluding diaryl/α,β-unsaturated/α-hetero) is 1. The number of halogens is 1. The van der Waals surface area contributed by atoms with E-state index in [-0.39, 0.29) is 16.9 Å². The number of ketones is 1. The van der Waals surface area contributed by atoms with Crippen molar-refractivity contribution in [3.63, 3.8) is 0 Å². The molecule has 1 saturated heterocycles. The highest BCUT2D eigenvalue weighted by Gasteiger charge is 2.47. The molecule has 3 aromatic carbocycles. The second kappa shape index (κ2) is 10.2. The van der Waals surface area contributed by atoms with Gasteiger partial charge in [0.05, 0.1) is 43.0 Å². The standard InChI is InChI=1S/C27H22BrNO7/c1-34-19-9-5-6-15(13-19)23-22(24(30)16-10-11-21(35-2)20(28)14-16)25(31)26(32)29(23)18-8-4-7-17(12-18)27(33)36-3/h4-14,23,30H,1-3H3/b24-22+. The number of hydrogen-bond acceptors (Lipinski definition) is 7. The van der Waals surface area contributed by atoms with Gasteiger partial charge in [-0.05, 0) is 70.0 Å². The van der Waals surface area contributed by atoms with Crippen LogP contribution in [0.2, 0.25) is 0 Å². The van der Waals surface area contributed by atoms with E-state index in [4.69, 9.17) is 14.2 Å². The molecule has 0 bridgehead atoms. The predicted octanol–water partition coefficient (Wildman–Crippen LogP) is 4.88. The monoisotopic (exact) mass is 551 g/mol. The normalized spacial score (nSPS) is 16.7. The van der Waals surface area contributed by atoms with Crippen molar-refractivity contribution in [3.05, 3.63) is 93.5 Å². The first-order chi connectivity index (χ1) is 17.3. The van der Waals surface area contributed by atoms with Gasteiger partial charge in [-0.1, -0.05) is 18.2 Å². The van der Waals surface area contributed by atoms with Gasteiger partial charge in [-0.25, -0.2) is 4.79 Å². The Bertz CT molecular complexity index is 1400. The van der Waals surface area contributed by atoms with Crippen molar-refractivity contribution < 1.29 is 33.7 Å². The van der Waals surface area contributed by atoms with Crippen molar-refractivity contribution in [1.29, 1.82) is 0 Å². The van der Waals surface area contributed by atoms with Crippen LogP contribution in [0.5, 0.6) is 11.5 Å². The fraction of sp³-hybridized carbons (Fsp3) is 0.148. The molecule has 1 fully saturated rings. The molecule has 1 aliphatic heterocycles. The fourth-order valence-corrected chi connectivity index (χ4v) is 4.64. The molecule has 1 heterocycles. The van der Waals surface area contributed by atoms with E-state index < -0.39 is 23.7 Å². The van der Waals surface area contributed by atoms with Crippen LogP contribution in [-0.2, 0) is 14.3 Å². The predicted molar refractivity (Wildman–Crippen MR) is 136 cm³/mol. The lowest BCUT2D eigenvalue weighted by Gasteiger charge is -2.26. The fourth-order valence-electron chi connectivity index (χ4n) is 4.10. The summed E-state index contributed by atoms with van der Waals surface area (Å²) in [4.78, 5) is 40.1. The third kappa shape index (κ3) is 4.45. The average molecular weight is 552 g/mol. The van der Waals surface area contributed by atoms with Crippen molar-refractivity contribution in [2.75, 3.05) is 26.2 Å². The summed E-state index contributed by atoms with van der Waals surface area (Å²) in [5.74, 6) is -1.61. The first-order valence-corrected chi connectivity index (χ1v) is 11.6. The third-order valence-corrected chi connectivity index (χ3v) is 6.44. The molecular formula is C27H22BrNO7. The lowest BCUT2D eigenvalue weighted by atomic mass is 9.95.